The minimum absolute atomic E-state index is 0.0647. The molecule has 2 amide bonds. The summed E-state index contributed by atoms with van der Waals surface area (Å²) in [4.78, 5) is 49.2. The Labute approximate surface area is 175 Å². The van der Waals surface area contributed by atoms with Gasteiger partial charge in [0.25, 0.3) is 17.5 Å². The summed E-state index contributed by atoms with van der Waals surface area (Å²) in [6.45, 7) is 0. The second-order valence-corrected chi connectivity index (χ2v) is 6.54. The van der Waals surface area contributed by atoms with Gasteiger partial charge in [0, 0.05) is 12.1 Å². The highest BCUT2D eigenvalue weighted by molar-refractivity contribution is 6.34. The first-order chi connectivity index (χ1) is 14.9. The number of carbonyl (C=O) groups excluding carboxylic acids is 3. The third-order valence-electron chi connectivity index (χ3n) is 4.71. The van der Waals surface area contributed by atoms with E-state index in [1.165, 1.54) is 49.6 Å². The highest BCUT2D eigenvalue weighted by Crippen LogP contribution is 2.30. The average Bonchev–Trinajstić information content (AvgIpc) is 3.03. The summed E-state index contributed by atoms with van der Waals surface area (Å²) in [5, 5.41) is 10.7. The molecule has 1 heterocycles. The number of amides is 2. The van der Waals surface area contributed by atoms with Gasteiger partial charge in [-0.3, -0.25) is 19.7 Å². The summed E-state index contributed by atoms with van der Waals surface area (Å²) in [5.74, 6) is -1.13. The van der Waals surface area contributed by atoms with Gasteiger partial charge in [-0.15, -0.1) is 0 Å². The van der Waals surface area contributed by atoms with Crippen molar-refractivity contribution < 1.29 is 28.8 Å². The van der Waals surface area contributed by atoms with Crippen molar-refractivity contribution in [3.63, 3.8) is 0 Å². The second-order valence-electron chi connectivity index (χ2n) is 6.54. The molecule has 0 saturated heterocycles. The van der Waals surface area contributed by atoms with Crippen molar-refractivity contribution in [2.24, 2.45) is 0 Å². The zero-order valence-electron chi connectivity index (χ0n) is 16.1. The van der Waals surface area contributed by atoms with Crippen molar-refractivity contribution in [2.75, 3.05) is 12.0 Å². The molecule has 0 fully saturated rings. The number of ether oxygens (including phenoxy) is 2. The molecule has 9 nitrogen and oxygen atoms in total. The third-order valence-corrected chi connectivity index (χ3v) is 4.71. The number of non-ortho nitro benzene ring substituents is 1. The molecule has 0 saturated carbocycles. The predicted molar refractivity (Wildman–Crippen MR) is 109 cm³/mol. The van der Waals surface area contributed by atoms with Gasteiger partial charge in [0.2, 0.25) is 0 Å². The van der Waals surface area contributed by atoms with Crippen LogP contribution in [0, 0.1) is 10.1 Å². The molecule has 31 heavy (non-hydrogen) atoms. The van der Waals surface area contributed by atoms with Crippen molar-refractivity contribution >= 4 is 29.2 Å². The van der Waals surface area contributed by atoms with Gasteiger partial charge in [0.15, 0.2) is 0 Å². The maximum absolute atomic E-state index is 12.9. The molecule has 0 unspecified atom stereocenters. The number of fused-ring (bicyclic) bond motifs is 1. The van der Waals surface area contributed by atoms with E-state index in [-0.39, 0.29) is 28.1 Å². The van der Waals surface area contributed by atoms with Crippen LogP contribution in [0.4, 0.5) is 11.4 Å². The topological polar surface area (TPSA) is 116 Å². The Bertz CT molecular complexity index is 1220. The third kappa shape index (κ3) is 3.60. The number of esters is 1. The summed E-state index contributed by atoms with van der Waals surface area (Å²) in [7, 11) is 1.51. The maximum Gasteiger partial charge on any atom is 0.343 e. The van der Waals surface area contributed by atoms with Crippen molar-refractivity contribution in [3.05, 3.63) is 93.5 Å². The van der Waals surface area contributed by atoms with Crippen LogP contribution in [0.15, 0.2) is 66.7 Å². The number of imide groups is 1. The van der Waals surface area contributed by atoms with Gasteiger partial charge in [0.1, 0.15) is 11.5 Å². The van der Waals surface area contributed by atoms with Crippen LogP contribution in [-0.2, 0) is 0 Å². The molecule has 3 aromatic rings. The van der Waals surface area contributed by atoms with Gasteiger partial charge in [-0.25, -0.2) is 9.69 Å². The van der Waals surface area contributed by atoms with Crippen LogP contribution in [0.1, 0.15) is 31.1 Å². The standard InChI is InChI=1S/C22H14N2O7/c1-30-16-7-3-14(4-8-16)23-20(25)18-11-2-13(12-19(18)21(23)26)22(27)31-17-9-5-15(6-10-17)24(28)29/h2-12H,1H3. The van der Waals surface area contributed by atoms with Crippen LogP contribution in [-0.4, -0.2) is 29.8 Å². The molecule has 0 atom stereocenters. The van der Waals surface area contributed by atoms with E-state index in [1.807, 2.05) is 0 Å². The molecular weight excluding hydrogens is 404 g/mol. The van der Waals surface area contributed by atoms with Crippen LogP contribution >= 0.6 is 0 Å². The number of hydrogen-bond donors (Lipinski definition) is 0. The molecule has 0 aromatic heterocycles. The monoisotopic (exact) mass is 418 g/mol. The fourth-order valence-electron chi connectivity index (χ4n) is 3.14. The van der Waals surface area contributed by atoms with Crippen molar-refractivity contribution in [3.8, 4) is 11.5 Å². The number of nitro groups is 1. The van der Waals surface area contributed by atoms with E-state index in [2.05, 4.69) is 0 Å². The van der Waals surface area contributed by atoms with E-state index in [4.69, 9.17) is 9.47 Å². The summed E-state index contributed by atoms with van der Waals surface area (Å²) >= 11 is 0. The van der Waals surface area contributed by atoms with Crippen molar-refractivity contribution in [1.82, 2.24) is 0 Å². The molecule has 0 bridgehead atoms. The van der Waals surface area contributed by atoms with Gasteiger partial charge in [0.05, 0.1) is 34.4 Å². The molecule has 3 aromatic carbocycles. The van der Waals surface area contributed by atoms with Crippen LogP contribution in [0.25, 0.3) is 0 Å². The Kier molecular flexibility index (Phi) is 4.92. The van der Waals surface area contributed by atoms with Gasteiger partial charge in [-0.05, 0) is 54.6 Å². The lowest BCUT2D eigenvalue weighted by atomic mass is 10.1. The van der Waals surface area contributed by atoms with Gasteiger partial charge >= 0.3 is 5.97 Å². The molecule has 0 aliphatic carbocycles. The van der Waals surface area contributed by atoms with E-state index >= 15 is 0 Å². The molecule has 0 spiro atoms. The SMILES string of the molecule is COc1ccc(N2C(=O)c3ccc(C(=O)Oc4ccc([N+](=O)[O-])cc4)cc3C2=O)cc1. The van der Waals surface area contributed by atoms with Gasteiger partial charge < -0.3 is 9.47 Å². The number of anilines is 1. The van der Waals surface area contributed by atoms with Crippen molar-refractivity contribution in [2.45, 2.75) is 0 Å². The fourth-order valence-corrected chi connectivity index (χ4v) is 3.14. The molecule has 154 valence electrons. The van der Waals surface area contributed by atoms with E-state index in [9.17, 15) is 24.5 Å². The maximum atomic E-state index is 12.9. The summed E-state index contributed by atoms with van der Waals surface area (Å²) in [6, 6.07) is 15.5. The Morgan fingerprint density at radius 1 is 0.871 bits per heavy atom. The van der Waals surface area contributed by atoms with Crippen LogP contribution < -0.4 is 14.4 Å². The normalized spacial score (nSPS) is 12.5. The minimum Gasteiger partial charge on any atom is -0.497 e. The number of methoxy groups -OCH3 is 1. The van der Waals surface area contributed by atoms with Crippen LogP contribution in [0.3, 0.4) is 0 Å². The van der Waals surface area contributed by atoms with Gasteiger partial charge in [-0.1, -0.05) is 0 Å². The lowest BCUT2D eigenvalue weighted by Gasteiger charge is -2.14. The smallest absolute Gasteiger partial charge is 0.343 e. The highest BCUT2D eigenvalue weighted by Gasteiger charge is 2.37. The number of rotatable bonds is 5. The fraction of sp³-hybridized carbons (Fsp3) is 0.0455. The average molecular weight is 418 g/mol. The number of carbonyl (C=O) groups is 3. The molecule has 4 rings (SSSR count). The summed E-state index contributed by atoms with van der Waals surface area (Å²) in [5.41, 5.74) is 0.559. The lowest BCUT2D eigenvalue weighted by Crippen LogP contribution is -2.29. The largest absolute Gasteiger partial charge is 0.497 e. The van der Waals surface area contributed by atoms with Crippen molar-refractivity contribution in [1.29, 1.82) is 0 Å². The molecular formula is C22H14N2O7. The number of benzene rings is 3. The summed E-state index contributed by atoms with van der Waals surface area (Å²) in [6.07, 6.45) is 0. The van der Waals surface area contributed by atoms with Gasteiger partial charge in [-0.2, -0.15) is 0 Å². The Hall–Kier alpha value is -4.53. The highest BCUT2D eigenvalue weighted by atomic mass is 16.6. The minimum atomic E-state index is -0.764. The zero-order chi connectivity index (χ0) is 22.1. The number of hydrogen-bond acceptors (Lipinski definition) is 7. The molecule has 1 aliphatic rings. The lowest BCUT2D eigenvalue weighted by molar-refractivity contribution is -0.384. The van der Waals surface area contributed by atoms with E-state index < -0.39 is 22.7 Å². The molecule has 9 heteroatoms. The number of nitro benzene ring substituents is 1. The Morgan fingerprint density at radius 3 is 2.10 bits per heavy atom. The molecule has 0 radical (unpaired) electrons. The number of nitrogens with zero attached hydrogens (tertiary/aromatic N) is 2. The first-order valence-electron chi connectivity index (χ1n) is 9.02. The van der Waals surface area contributed by atoms with E-state index in [1.54, 1.807) is 24.3 Å². The van der Waals surface area contributed by atoms with Crippen LogP contribution in [0.5, 0.6) is 11.5 Å². The second kappa shape index (κ2) is 7.71. The van der Waals surface area contributed by atoms with Crippen LogP contribution in [0.2, 0.25) is 0 Å². The zero-order valence-corrected chi connectivity index (χ0v) is 16.1. The molecule has 0 N–H and O–H groups in total. The Balaban J connectivity index is 1.57. The van der Waals surface area contributed by atoms with E-state index in [0.29, 0.717) is 11.4 Å². The predicted octanol–water partition coefficient (Wildman–Crippen LogP) is 3.62. The first kappa shape index (κ1) is 19.8. The quantitative estimate of drug-likeness (QED) is 0.204. The first-order valence-corrected chi connectivity index (χ1v) is 9.02. The van der Waals surface area contributed by atoms with E-state index in [0.717, 1.165) is 4.90 Å². The summed E-state index contributed by atoms with van der Waals surface area (Å²) < 4.78 is 10.3. The molecule has 1 aliphatic heterocycles. The Morgan fingerprint density at radius 2 is 1.48 bits per heavy atom.